The minimum absolute atomic E-state index is 0.0150. The molecule has 24 heavy (non-hydrogen) atoms. The minimum Gasteiger partial charge on any atom is -0.378 e. The number of hydrogen-bond acceptors (Lipinski definition) is 3. The Hall–Kier alpha value is -2.65. The SMILES string of the molecule is O=C(C=CC=C(c1ccccc1)N1CCOCC1)c1ccccc1. The zero-order valence-electron chi connectivity index (χ0n) is 13.6. The van der Waals surface area contributed by atoms with Gasteiger partial charge in [-0.2, -0.15) is 0 Å². The van der Waals surface area contributed by atoms with Crippen LogP contribution < -0.4 is 0 Å². The van der Waals surface area contributed by atoms with E-state index in [1.807, 2.05) is 60.7 Å². The van der Waals surface area contributed by atoms with E-state index in [1.165, 1.54) is 0 Å². The molecule has 1 heterocycles. The third-order valence-electron chi connectivity index (χ3n) is 3.98. The summed E-state index contributed by atoms with van der Waals surface area (Å²) < 4.78 is 5.45. The lowest BCUT2D eigenvalue weighted by molar-refractivity contribution is 0.0639. The summed E-state index contributed by atoms with van der Waals surface area (Å²) in [5.41, 5.74) is 2.97. The normalized spacial score (nSPS) is 15.7. The van der Waals surface area contributed by atoms with E-state index in [0.29, 0.717) is 5.56 Å². The molecular formula is C21H21NO2. The number of nitrogens with zero attached hydrogens (tertiary/aromatic N) is 1. The number of ketones is 1. The maximum atomic E-state index is 12.2. The summed E-state index contributed by atoms with van der Waals surface area (Å²) in [6.07, 6.45) is 5.48. The van der Waals surface area contributed by atoms with Crippen molar-refractivity contribution in [1.29, 1.82) is 0 Å². The molecule has 0 aliphatic carbocycles. The maximum absolute atomic E-state index is 12.2. The molecule has 0 aromatic heterocycles. The lowest BCUT2D eigenvalue weighted by atomic mass is 10.1. The zero-order valence-corrected chi connectivity index (χ0v) is 13.6. The summed E-state index contributed by atoms with van der Waals surface area (Å²) >= 11 is 0. The molecule has 3 nitrogen and oxygen atoms in total. The molecule has 0 atom stereocenters. The summed E-state index contributed by atoms with van der Waals surface area (Å²) in [7, 11) is 0. The van der Waals surface area contributed by atoms with Gasteiger partial charge in [0.2, 0.25) is 0 Å². The first-order valence-corrected chi connectivity index (χ1v) is 8.20. The first-order chi connectivity index (χ1) is 11.8. The number of ether oxygens (including phenoxy) is 1. The molecule has 2 aromatic rings. The van der Waals surface area contributed by atoms with Crippen LogP contribution in [-0.2, 0) is 4.74 Å². The predicted octanol–water partition coefficient (Wildman–Crippen LogP) is 3.80. The predicted molar refractivity (Wildman–Crippen MR) is 96.7 cm³/mol. The monoisotopic (exact) mass is 319 g/mol. The van der Waals surface area contributed by atoms with Crippen molar-refractivity contribution in [3.8, 4) is 0 Å². The van der Waals surface area contributed by atoms with Crippen molar-refractivity contribution in [3.63, 3.8) is 0 Å². The number of hydrogen-bond donors (Lipinski definition) is 0. The molecule has 1 fully saturated rings. The van der Waals surface area contributed by atoms with Gasteiger partial charge in [-0.05, 0) is 17.7 Å². The van der Waals surface area contributed by atoms with E-state index in [4.69, 9.17) is 4.74 Å². The highest BCUT2D eigenvalue weighted by Gasteiger charge is 2.14. The Morgan fingerprint density at radius 1 is 0.875 bits per heavy atom. The summed E-state index contributed by atoms with van der Waals surface area (Å²) in [5.74, 6) is 0.0150. The fourth-order valence-corrected chi connectivity index (χ4v) is 2.72. The highest BCUT2D eigenvalue weighted by atomic mass is 16.5. The van der Waals surface area contributed by atoms with Crippen LogP contribution in [0.4, 0.5) is 0 Å². The molecule has 0 radical (unpaired) electrons. The molecule has 0 unspecified atom stereocenters. The van der Waals surface area contributed by atoms with Crippen molar-refractivity contribution < 1.29 is 9.53 Å². The topological polar surface area (TPSA) is 29.5 Å². The Bertz CT molecular complexity index is 714. The number of carbonyl (C=O) groups excluding carboxylic acids is 1. The molecule has 2 aromatic carbocycles. The maximum Gasteiger partial charge on any atom is 0.185 e. The Labute approximate surface area is 142 Å². The van der Waals surface area contributed by atoms with Crippen molar-refractivity contribution in [2.24, 2.45) is 0 Å². The summed E-state index contributed by atoms with van der Waals surface area (Å²) in [6.45, 7) is 3.19. The van der Waals surface area contributed by atoms with Crippen molar-refractivity contribution in [2.75, 3.05) is 26.3 Å². The van der Waals surface area contributed by atoms with Crippen LogP contribution in [0, 0.1) is 0 Å². The van der Waals surface area contributed by atoms with Gasteiger partial charge in [-0.25, -0.2) is 0 Å². The van der Waals surface area contributed by atoms with Gasteiger partial charge >= 0.3 is 0 Å². The van der Waals surface area contributed by atoms with Crippen LogP contribution in [0.15, 0.2) is 78.9 Å². The van der Waals surface area contributed by atoms with Crippen LogP contribution in [0.2, 0.25) is 0 Å². The number of morpholine rings is 1. The van der Waals surface area contributed by atoms with E-state index in [0.717, 1.165) is 37.6 Å². The minimum atomic E-state index is 0.0150. The van der Waals surface area contributed by atoms with Crippen LogP contribution in [0.25, 0.3) is 5.70 Å². The van der Waals surface area contributed by atoms with Crippen molar-refractivity contribution >= 4 is 11.5 Å². The lowest BCUT2D eigenvalue weighted by Gasteiger charge is -2.31. The number of carbonyl (C=O) groups is 1. The van der Waals surface area contributed by atoms with E-state index in [9.17, 15) is 4.79 Å². The van der Waals surface area contributed by atoms with E-state index in [1.54, 1.807) is 6.08 Å². The van der Waals surface area contributed by atoms with Crippen LogP contribution in [0.5, 0.6) is 0 Å². The Balaban J connectivity index is 1.81. The van der Waals surface area contributed by atoms with Crippen LogP contribution in [0.1, 0.15) is 15.9 Å². The standard InChI is InChI=1S/C21H21NO2/c23-21(19-10-5-2-6-11-19)13-7-12-20(18-8-3-1-4-9-18)22-14-16-24-17-15-22/h1-13H,14-17H2. The van der Waals surface area contributed by atoms with E-state index >= 15 is 0 Å². The molecule has 1 saturated heterocycles. The van der Waals surface area contributed by atoms with Crippen LogP contribution >= 0.6 is 0 Å². The second-order valence-electron chi connectivity index (χ2n) is 5.61. The highest BCUT2D eigenvalue weighted by Crippen LogP contribution is 2.20. The van der Waals surface area contributed by atoms with E-state index in [-0.39, 0.29) is 5.78 Å². The molecule has 3 rings (SSSR count). The third-order valence-corrected chi connectivity index (χ3v) is 3.98. The number of allylic oxidation sites excluding steroid dienone is 3. The number of benzene rings is 2. The summed E-state index contributed by atoms with van der Waals surface area (Å²) in [5, 5.41) is 0. The molecule has 0 amide bonds. The fraction of sp³-hybridized carbons (Fsp3) is 0.190. The summed E-state index contributed by atoms with van der Waals surface area (Å²) in [4.78, 5) is 14.5. The lowest BCUT2D eigenvalue weighted by Crippen LogP contribution is -2.34. The van der Waals surface area contributed by atoms with Gasteiger partial charge in [-0.15, -0.1) is 0 Å². The molecule has 3 heteroatoms. The molecule has 0 N–H and O–H groups in total. The van der Waals surface area contributed by atoms with Crippen molar-refractivity contribution in [3.05, 3.63) is 90.0 Å². The second kappa shape index (κ2) is 8.27. The second-order valence-corrected chi connectivity index (χ2v) is 5.61. The quantitative estimate of drug-likeness (QED) is 0.477. The zero-order chi connectivity index (χ0) is 16.6. The third kappa shape index (κ3) is 4.21. The molecule has 0 bridgehead atoms. The molecule has 0 saturated carbocycles. The Kier molecular flexibility index (Phi) is 5.59. The smallest absolute Gasteiger partial charge is 0.185 e. The average Bonchev–Trinajstić information content (AvgIpc) is 2.67. The van der Waals surface area contributed by atoms with Crippen molar-refractivity contribution in [2.45, 2.75) is 0 Å². The van der Waals surface area contributed by atoms with E-state index < -0.39 is 0 Å². The molecule has 1 aliphatic heterocycles. The van der Waals surface area contributed by atoms with Gasteiger partial charge in [0.05, 0.1) is 13.2 Å². The largest absolute Gasteiger partial charge is 0.378 e. The first kappa shape index (κ1) is 16.2. The molecular weight excluding hydrogens is 298 g/mol. The Morgan fingerprint density at radius 3 is 2.08 bits per heavy atom. The first-order valence-electron chi connectivity index (χ1n) is 8.20. The summed E-state index contributed by atoms with van der Waals surface area (Å²) in [6, 6.07) is 19.6. The van der Waals surface area contributed by atoms with Gasteiger partial charge in [0.25, 0.3) is 0 Å². The Morgan fingerprint density at radius 2 is 1.46 bits per heavy atom. The molecule has 122 valence electrons. The van der Waals surface area contributed by atoms with Gasteiger partial charge in [-0.3, -0.25) is 4.79 Å². The highest BCUT2D eigenvalue weighted by molar-refractivity contribution is 6.04. The number of rotatable bonds is 5. The van der Waals surface area contributed by atoms with Crippen molar-refractivity contribution in [1.82, 2.24) is 4.90 Å². The van der Waals surface area contributed by atoms with Gasteiger partial charge in [0.1, 0.15) is 0 Å². The van der Waals surface area contributed by atoms with E-state index in [2.05, 4.69) is 17.0 Å². The molecule has 1 aliphatic rings. The van der Waals surface area contributed by atoms with Crippen LogP contribution in [0.3, 0.4) is 0 Å². The average molecular weight is 319 g/mol. The fourth-order valence-electron chi connectivity index (χ4n) is 2.72. The molecule has 0 spiro atoms. The van der Waals surface area contributed by atoms with Gasteiger partial charge < -0.3 is 9.64 Å². The van der Waals surface area contributed by atoms with Gasteiger partial charge in [-0.1, -0.05) is 66.7 Å². The van der Waals surface area contributed by atoms with Gasteiger partial charge in [0, 0.05) is 24.4 Å². The van der Waals surface area contributed by atoms with Gasteiger partial charge in [0.15, 0.2) is 5.78 Å². The van der Waals surface area contributed by atoms with Crippen LogP contribution in [-0.4, -0.2) is 37.0 Å².